The Morgan fingerprint density at radius 1 is 0.682 bits per heavy atom. The summed E-state index contributed by atoms with van der Waals surface area (Å²) >= 11 is 0. The third-order valence-electron chi connectivity index (χ3n) is 3.97. The van der Waals surface area contributed by atoms with Crippen molar-refractivity contribution in [3.63, 3.8) is 0 Å². The molecular formula is C21H21N. The normalized spacial score (nSPS) is 12.0. The Balaban J connectivity index is 1.62. The van der Waals surface area contributed by atoms with Crippen molar-refractivity contribution in [2.24, 2.45) is 0 Å². The third-order valence-corrected chi connectivity index (χ3v) is 3.97. The van der Waals surface area contributed by atoms with E-state index in [2.05, 4.69) is 91.1 Å². The van der Waals surface area contributed by atoms with Crippen molar-refractivity contribution in [3.05, 3.63) is 96.1 Å². The van der Waals surface area contributed by atoms with E-state index < -0.39 is 0 Å². The van der Waals surface area contributed by atoms with Crippen LogP contribution in [0, 0.1) is 0 Å². The molecule has 1 unspecified atom stereocenters. The van der Waals surface area contributed by atoms with Gasteiger partial charge >= 0.3 is 0 Å². The van der Waals surface area contributed by atoms with Gasteiger partial charge in [-0.1, -0.05) is 84.9 Å². The largest absolute Gasteiger partial charge is 0.306 e. The van der Waals surface area contributed by atoms with Gasteiger partial charge in [0, 0.05) is 12.6 Å². The van der Waals surface area contributed by atoms with Gasteiger partial charge in [-0.15, -0.1) is 0 Å². The minimum atomic E-state index is 0.356. The van der Waals surface area contributed by atoms with E-state index in [-0.39, 0.29) is 0 Å². The van der Waals surface area contributed by atoms with Crippen LogP contribution in [0.5, 0.6) is 0 Å². The van der Waals surface area contributed by atoms with Gasteiger partial charge in [0.05, 0.1) is 0 Å². The molecule has 3 aromatic carbocycles. The maximum Gasteiger partial charge on any atom is 0.0294 e. The van der Waals surface area contributed by atoms with E-state index >= 15 is 0 Å². The topological polar surface area (TPSA) is 12.0 Å². The molecule has 0 saturated carbocycles. The lowest BCUT2D eigenvalue weighted by molar-refractivity contribution is 0.575. The molecule has 3 aromatic rings. The first-order valence-corrected chi connectivity index (χ1v) is 7.75. The fraction of sp³-hybridized carbons (Fsp3) is 0.143. The van der Waals surface area contributed by atoms with Crippen LogP contribution < -0.4 is 5.32 Å². The van der Waals surface area contributed by atoms with Gasteiger partial charge < -0.3 is 5.32 Å². The molecule has 0 amide bonds. The summed E-state index contributed by atoms with van der Waals surface area (Å²) in [6.45, 7) is 3.08. The Bertz CT molecular complexity index is 687. The molecular weight excluding hydrogens is 266 g/mol. The van der Waals surface area contributed by atoms with Gasteiger partial charge in [-0.05, 0) is 29.2 Å². The average Bonchev–Trinajstić information content (AvgIpc) is 2.61. The van der Waals surface area contributed by atoms with E-state index in [1.165, 1.54) is 22.3 Å². The smallest absolute Gasteiger partial charge is 0.0294 e. The van der Waals surface area contributed by atoms with Crippen LogP contribution in [0.15, 0.2) is 84.9 Å². The first-order valence-electron chi connectivity index (χ1n) is 7.75. The lowest BCUT2D eigenvalue weighted by atomic mass is 10.0. The second-order valence-corrected chi connectivity index (χ2v) is 5.58. The van der Waals surface area contributed by atoms with Crippen molar-refractivity contribution in [1.29, 1.82) is 0 Å². The molecule has 0 heterocycles. The van der Waals surface area contributed by atoms with Gasteiger partial charge in [-0.3, -0.25) is 0 Å². The molecule has 1 atom stereocenters. The van der Waals surface area contributed by atoms with E-state index in [0.29, 0.717) is 6.04 Å². The number of hydrogen-bond acceptors (Lipinski definition) is 1. The summed E-state index contributed by atoms with van der Waals surface area (Å²) in [6, 6.07) is 30.2. The number of hydrogen-bond donors (Lipinski definition) is 1. The highest BCUT2D eigenvalue weighted by Crippen LogP contribution is 2.19. The Morgan fingerprint density at radius 2 is 1.23 bits per heavy atom. The van der Waals surface area contributed by atoms with Crippen LogP contribution in [0.3, 0.4) is 0 Å². The highest BCUT2D eigenvalue weighted by molar-refractivity contribution is 5.63. The molecule has 3 rings (SSSR count). The van der Waals surface area contributed by atoms with Crippen LogP contribution in [0.25, 0.3) is 11.1 Å². The minimum Gasteiger partial charge on any atom is -0.306 e. The molecule has 0 spiro atoms. The monoisotopic (exact) mass is 287 g/mol. The van der Waals surface area contributed by atoms with Crippen molar-refractivity contribution < 1.29 is 0 Å². The van der Waals surface area contributed by atoms with E-state index in [9.17, 15) is 0 Å². The van der Waals surface area contributed by atoms with E-state index in [0.717, 1.165) is 6.54 Å². The van der Waals surface area contributed by atoms with Gasteiger partial charge in [-0.25, -0.2) is 0 Å². The summed E-state index contributed by atoms with van der Waals surface area (Å²) in [6.07, 6.45) is 0. The molecule has 110 valence electrons. The number of nitrogens with one attached hydrogen (secondary N) is 1. The highest BCUT2D eigenvalue weighted by Gasteiger charge is 2.04. The Morgan fingerprint density at radius 3 is 1.86 bits per heavy atom. The minimum absolute atomic E-state index is 0.356. The molecule has 0 aliphatic carbocycles. The lowest BCUT2D eigenvalue weighted by Crippen LogP contribution is -2.17. The molecule has 0 aromatic heterocycles. The van der Waals surface area contributed by atoms with Gasteiger partial charge in [0.25, 0.3) is 0 Å². The third kappa shape index (κ3) is 3.63. The fourth-order valence-corrected chi connectivity index (χ4v) is 2.58. The van der Waals surface area contributed by atoms with Gasteiger partial charge in [0.2, 0.25) is 0 Å². The van der Waals surface area contributed by atoms with Crippen LogP contribution >= 0.6 is 0 Å². The molecule has 1 nitrogen and oxygen atoms in total. The van der Waals surface area contributed by atoms with E-state index in [1.807, 2.05) is 6.07 Å². The summed E-state index contributed by atoms with van der Waals surface area (Å²) in [4.78, 5) is 0. The molecule has 0 saturated heterocycles. The van der Waals surface area contributed by atoms with Gasteiger partial charge in [0.1, 0.15) is 0 Å². The molecule has 22 heavy (non-hydrogen) atoms. The fourth-order valence-electron chi connectivity index (χ4n) is 2.58. The maximum atomic E-state index is 3.57. The van der Waals surface area contributed by atoms with Crippen molar-refractivity contribution in [3.8, 4) is 11.1 Å². The lowest BCUT2D eigenvalue weighted by Gasteiger charge is -2.14. The van der Waals surface area contributed by atoms with Crippen LogP contribution in [0.2, 0.25) is 0 Å². The zero-order valence-electron chi connectivity index (χ0n) is 12.9. The number of rotatable bonds is 5. The molecule has 0 fully saturated rings. The van der Waals surface area contributed by atoms with Crippen molar-refractivity contribution >= 4 is 0 Å². The summed E-state index contributed by atoms with van der Waals surface area (Å²) in [5, 5.41) is 3.57. The van der Waals surface area contributed by atoms with Gasteiger partial charge in [0.15, 0.2) is 0 Å². The molecule has 1 heteroatoms. The molecule has 1 N–H and O–H groups in total. The zero-order valence-corrected chi connectivity index (χ0v) is 12.9. The second-order valence-electron chi connectivity index (χ2n) is 5.58. The Labute approximate surface area is 132 Å². The SMILES string of the molecule is CC(NCc1ccc(-c2ccccc2)cc1)c1ccccc1. The highest BCUT2D eigenvalue weighted by atomic mass is 14.9. The summed E-state index contributed by atoms with van der Waals surface area (Å²) in [5.41, 5.74) is 5.16. The van der Waals surface area contributed by atoms with Crippen molar-refractivity contribution in [2.75, 3.05) is 0 Å². The predicted octanol–water partition coefficient (Wildman–Crippen LogP) is 5.20. The van der Waals surface area contributed by atoms with Crippen molar-refractivity contribution in [2.45, 2.75) is 19.5 Å². The molecule has 0 radical (unpaired) electrons. The standard InChI is InChI=1S/C21H21N/c1-17(19-8-4-2-5-9-19)22-16-18-12-14-21(15-13-18)20-10-6-3-7-11-20/h2-15,17,22H,16H2,1H3. The number of benzene rings is 3. The quantitative estimate of drug-likeness (QED) is 0.679. The summed E-state index contributed by atoms with van der Waals surface area (Å²) in [5.74, 6) is 0. The van der Waals surface area contributed by atoms with Crippen LogP contribution in [0.4, 0.5) is 0 Å². The first kappa shape index (κ1) is 14.6. The Kier molecular flexibility index (Phi) is 4.67. The molecule has 0 aliphatic rings. The second kappa shape index (κ2) is 7.06. The molecule has 0 bridgehead atoms. The zero-order chi connectivity index (χ0) is 15.2. The van der Waals surface area contributed by atoms with Crippen LogP contribution in [-0.4, -0.2) is 0 Å². The Hall–Kier alpha value is -2.38. The average molecular weight is 287 g/mol. The van der Waals surface area contributed by atoms with E-state index in [1.54, 1.807) is 0 Å². The predicted molar refractivity (Wildman–Crippen MR) is 93.6 cm³/mol. The van der Waals surface area contributed by atoms with Crippen molar-refractivity contribution in [1.82, 2.24) is 5.32 Å². The maximum absolute atomic E-state index is 3.57. The van der Waals surface area contributed by atoms with Crippen LogP contribution in [-0.2, 0) is 6.54 Å². The summed E-state index contributed by atoms with van der Waals surface area (Å²) < 4.78 is 0. The first-order chi connectivity index (χ1) is 10.8. The summed E-state index contributed by atoms with van der Waals surface area (Å²) in [7, 11) is 0. The van der Waals surface area contributed by atoms with Gasteiger partial charge in [-0.2, -0.15) is 0 Å². The van der Waals surface area contributed by atoms with E-state index in [4.69, 9.17) is 0 Å². The van der Waals surface area contributed by atoms with Crippen LogP contribution in [0.1, 0.15) is 24.1 Å². The molecule has 0 aliphatic heterocycles.